The van der Waals surface area contributed by atoms with E-state index in [0.717, 1.165) is 16.2 Å². The molecule has 1 saturated heterocycles. The van der Waals surface area contributed by atoms with Gasteiger partial charge >= 0.3 is 5.97 Å². The number of rotatable bonds is 9. The van der Waals surface area contributed by atoms with Crippen LogP contribution in [0.3, 0.4) is 0 Å². The van der Waals surface area contributed by atoms with Crippen LogP contribution in [0.2, 0.25) is 0 Å². The molecule has 1 aromatic rings. The van der Waals surface area contributed by atoms with Gasteiger partial charge in [0.2, 0.25) is 0 Å². The third kappa shape index (κ3) is 6.08. The number of hydrogen-bond donors (Lipinski definition) is 0. The number of ether oxygens (including phenoxy) is 3. The highest BCUT2D eigenvalue weighted by Crippen LogP contribution is 2.34. The Morgan fingerprint density at radius 3 is 2.81 bits per heavy atom. The number of nitrogens with zero attached hydrogens (tertiary/aromatic N) is 1. The lowest BCUT2D eigenvalue weighted by atomic mass is 10.2. The molecule has 2 rings (SSSR count). The van der Waals surface area contributed by atoms with E-state index in [2.05, 4.69) is 15.9 Å². The van der Waals surface area contributed by atoms with Gasteiger partial charge < -0.3 is 14.2 Å². The van der Waals surface area contributed by atoms with E-state index < -0.39 is 5.97 Å². The number of carbonyl (C=O) groups is 3. The van der Waals surface area contributed by atoms with Crippen molar-refractivity contribution in [1.29, 1.82) is 0 Å². The molecule has 9 heteroatoms. The number of benzene rings is 1. The molecule has 0 saturated carbocycles. The van der Waals surface area contributed by atoms with Crippen LogP contribution in [0.25, 0.3) is 6.08 Å². The van der Waals surface area contributed by atoms with Crippen LogP contribution < -0.4 is 4.74 Å². The lowest BCUT2D eigenvalue weighted by Gasteiger charge is -2.11. The molecule has 7 nitrogen and oxygen atoms in total. The Labute approximate surface area is 170 Å². The molecule has 0 unspecified atom stereocenters. The number of methoxy groups -OCH3 is 1. The maximum Gasteiger partial charge on any atom is 0.344 e. The summed E-state index contributed by atoms with van der Waals surface area (Å²) in [6, 6.07) is 5.19. The van der Waals surface area contributed by atoms with Gasteiger partial charge in [0.05, 0.1) is 11.5 Å². The van der Waals surface area contributed by atoms with Gasteiger partial charge in [-0.2, -0.15) is 0 Å². The third-order valence-electron chi connectivity index (χ3n) is 3.51. The van der Waals surface area contributed by atoms with Crippen molar-refractivity contribution in [2.24, 2.45) is 0 Å². The van der Waals surface area contributed by atoms with Gasteiger partial charge in [0.15, 0.2) is 6.61 Å². The fourth-order valence-corrected chi connectivity index (χ4v) is 3.54. The van der Waals surface area contributed by atoms with E-state index in [9.17, 15) is 14.4 Å². The highest BCUT2D eigenvalue weighted by Gasteiger charge is 2.34. The van der Waals surface area contributed by atoms with E-state index in [1.165, 1.54) is 4.90 Å². The van der Waals surface area contributed by atoms with Gasteiger partial charge in [-0.15, -0.1) is 0 Å². The van der Waals surface area contributed by atoms with Crippen LogP contribution in [-0.4, -0.2) is 55.5 Å². The second-order valence-corrected chi connectivity index (χ2v) is 7.36. The average Bonchev–Trinajstić information content (AvgIpc) is 2.89. The van der Waals surface area contributed by atoms with Crippen LogP contribution in [0.15, 0.2) is 27.6 Å². The molecule has 0 N–H and O–H groups in total. The first-order valence-corrected chi connectivity index (χ1v) is 9.89. The normalized spacial score (nSPS) is 15.5. The fourth-order valence-electron chi connectivity index (χ4n) is 2.30. The number of imide groups is 1. The summed E-state index contributed by atoms with van der Waals surface area (Å²) in [7, 11) is 1.57. The molecule has 1 fully saturated rings. The fraction of sp³-hybridized carbons (Fsp3) is 0.389. The Morgan fingerprint density at radius 1 is 1.33 bits per heavy atom. The number of thioether (sulfide) groups is 1. The third-order valence-corrected chi connectivity index (χ3v) is 4.91. The van der Waals surface area contributed by atoms with Crippen molar-refractivity contribution in [3.8, 4) is 5.75 Å². The molecule has 1 heterocycles. The van der Waals surface area contributed by atoms with Gasteiger partial charge in [-0.05, 0) is 49.4 Å². The molecular weight excluding hydrogens is 438 g/mol. The van der Waals surface area contributed by atoms with E-state index in [0.29, 0.717) is 35.8 Å². The maximum atomic E-state index is 12.5. The SMILES string of the molecule is CCOC(=O)COc1ccc(Br)cc1/C=C1/SC(=O)N(CCCOC)C1=O. The minimum absolute atomic E-state index is 0.241. The summed E-state index contributed by atoms with van der Waals surface area (Å²) >= 11 is 4.25. The average molecular weight is 458 g/mol. The molecule has 1 aromatic carbocycles. The maximum absolute atomic E-state index is 12.5. The number of amides is 2. The van der Waals surface area contributed by atoms with Crippen molar-refractivity contribution in [1.82, 2.24) is 4.90 Å². The molecule has 0 bridgehead atoms. The lowest BCUT2D eigenvalue weighted by Crippen LogP contribution is -2.29. The standard InChI is InChI=1S/C18H20BrNO6S/c1-3-25-16(21)11-26-14-6-5-13(19)9-12(14)10-15-17(22)20(18(23)27-15)7-4-8-24-2/h5-6,9-10H,3-4,7-8,11H2,1-2H3/b15-10+. The number of carbonyl (C=O) groups excluding carboxylic acids is 3. The highest BCUT2D eigenvalue weighted by atomic mass is 79.9. The summed E-state index contributed by atoms with van der Waals surface area (Å²) in [4.78, 5) is 37.6. The van der Waals surface area contributed by atoms with E-state index >= 15 is 0 Å². The summed E-state index contributed by atoms with van der Waals surface area (Å²) in [6.45, 7) is 2.52. The zero-order valence-corrected chi connectivity index (χ0v) is 17.4. The molecule has 0 atom stereocenters. The Bertz CT molecular complexity index is 751. The van der Waals surface area contributed by atoms with Crippen LogP contribution in [0, 0.1) is 0 Å². The quantitative estimate of drug-likeness (QED) is 0.319. The van der Waals surface area contributed by atoms with E-state index in [-0.39, 0.29) is 24.4 Å². The van der Waals surface area contributed by atoms with Gasteiger partial charge in [-0.25, -0.2) is 4.79 Å². The molecule has 2 amide bonds. The van der Waals surface area contributed by atoms with Crippen molar-refractivity contribution in [3.05, 3.63) is 33.1 Å². The molecular formula is C18H20BrNO6S. The largest absolute Gasteiger partial charge is 0.481 e. The Balaban J connectivity index is 2.17. The summed E-state index contributed by atoms with van der Waals surface area (Å²) in [5, 5.41) is -0.314. The minimum atomic E-state index is -0.482. The number of hydrogen-bond acceptors (Lipinski definition) is 7. The minimum Gasteiger partial charge on any atom is -0.481 e. The topological polar surface area (TPSA) is 82.1 Å². The van der Waals surface area contributed by atoms with Gasteiger partial charge in [0.1, 0.15) is 5.75 Å². The van der Waals surface area contributed by atoms with Crippen molar-refractivity contribution in [2.45, 2.75) is 13.3 Å². The van der Waals surface area contributed by atoms with Gasteiger partial charge in [0.25, 0.3) is 11.1 Å². The Hall–Kier alpha value is -1.84. The van der Waals surface area contributed by atoms with Crippen LogP contribution in [0.5, 0.6) is 5.75 Å². The molecule has 0 spiro atoms. The summed E-state index contributed by atoms with van der Waals surface area (Å²) < 4.78 is 16.1. The Morgan fingerprint density at radius 2 is 2.11 bits per heavy atom. The van der Waals surface area contributed by atoms with E-state index in [4.69, 9.17) is 14.2 Å². The van der Waals surface area contributed by atoms with Crippen LogP contribution >= 0.6 is 27.7 Å². The zero-order valence-electron chi connectivity index (χ0n) is 15.0. The molecule has 0 aromatic heterocycles. The highest BCUT2D eigenvalue weighted by molar-refractivity contribution is 9.10. The van der Waals surface area contributed by atoms with Crippen LogP contribution in [-0.2, 0) is 19.1 Å². The predicted octanol–water partition coefficient (Wildman–Crippen LogP) is 3.46. The second-order valence-electron chi connectivity index (χ2n) is 5.46. The molecule has 1 aliphatic heterocycles. The first-order chi connectivity index (χ1) is 13.0. The molecule has 0 aliphatic carbocycles. The predicted molar refractivity (Wildman–Crippen MR) is 105 cm³/mol. The summed E-state index contributed by atoms with van der Waals surface area (Å²) in [5.41, 5.74) is 0.580. The van der Waals surface area contributed by atoms with Crippen LogP contribution in [0.4, 0.5) is 4.79 Å². The van der Waals surface area contributed by atoms with Crippen LogP contribution in [0.1, 0.15) is 18.9 Å². The van der Waals surface area contributed by atoms with Crippen molar-refractivity contribution < 1.29 is 28.6 Å². The van der Waals surface area contributed by atoms with Gasteiger partial charge in [-0.3, -0.25) is 14.5 Å². The number of esters is 1. The first-order valence-electron chi connectivity index (χ1n) is 8.28. The van der Waals surface area contributed by atoms with Gasteiger partial charge in [0, 0.05) is 30.3 Å². The number of halogens is 1. The van der Waals surface area contributed by atoms with Crippen molar-refractivity contribution >= 4 is 50.9 Å². The molecule has 0 radical (unpaired) electrons. The smallest absolute Gasteiger partial charge is 0.344 e. The zero-order chi connectivity index (χ0) is 19.8. The molecule has 27 heavy (non-hydrogen) atoms. The van der Waals surface area contributed by atoms with Crippen molar-refractivity contribution in [2.75, 3.05) is 33.5 Å². The second kappa shape index (κ2) is 10.5. The van der Waals surface area contributed by atoms with E-state index in [1.807, 2.05) is 0 Å². The lowest BCUT2D eigenvalue weighted by molar-refractivity contribution is -0.145. The Kier molecular flexibility index (Phi) is 8.33. The molecule has 1 aliphatic rings. The summed E-state index contributed by atoms with van der Waals surface area (Å²) in [6.07, 6.45) is 2.17. The monoisotopic (exact) mass is 457 g/mol. The molecule has 146 valence electrons. The summed E-state index contributed by atoms with van der Waals surface area (Å²) in [5.74, 6) is -0.417. The van der Waals surface area contributed by atoms with Gasteiger partial charge in [-0.1, -0.05) is 15.9 Å². The van der Waals surface area contributed by atoms with E-state index in [1.54, 1.807) is 38.3 Å². The first kappa shape index (κ1) is 21.5. The van der Waals surface area contributed by atoms with Crippen molar-refractivity contribution in [3.63, 3.8) is 0 Å².